The third-order valence-corrected chi connectivity index (χ3v) is 2.26. The lowest BCUT2D eigenvalue weighted by atomic mass is 10.1. The standard InChI is InChI=1S/C13H9NO2/c15-8-10-2-1-3-11(6-10)12-4-5-13(9-16)14-7-12/h1-9H. The van der Waals surface area contributed by atoms with E-state index in [1.165, 1.54) is 0 Å². The SMILES string of the molecule is O=Cc1cccc(-c2ccc(C=O)nc2)c1. The first kappa shape index (κ1) is 10.2. The Morgan fingerprint density at radius 1 is 0.938 bits per heavy atom. The predicted molar refractivity (Wildman–Crippen MR) is 60.4 cm³/mol. The summed E-state index contributed by atoms with van der Waals surface area (Å²) < 4.78 is 0. The number of nitrogens with zero attached hydrogens (tertiary/aromatic N) is 1. The molecule has 0 aliphatic heterocycles. The molecule has 1 heterocycles. The summed E-state index contributed by atoms with van der Waals surface area (Å²) in [4.78, 5) is 25.0. The molecule has 2 rings (SSSR count). The molecule has 1 aromatic carbocycles. The Kier molecular flexibility index (Phi) is 2.87. The second-order valence-electron chi connectivity index (χ2n) is 3.33. The molecule has 3 nitrogen and oxygen atoms in total. The van der Waals surface area contributed by atoms with E-state index in [9.17, 15) is 9.59 Å². The van der Waals surface area contributed by atoms with E-state index < -0.39 is 0 Å². The number of benzene rings is 1. The van der Waals surface area contributed by atoms with Gasteiger partial charge in [-0.05, 0) is 17.7 Å². The lowest BCUT2D eigenvalue weighted by Gasteiger charge is -2.01. The minimum atomic E-state index is 0.398. The van der Waals surface area contributed by atoms with Gasteiger partial charge in [-0.25, -0.2) is 0 Å². The van der Waals surface area contributed by atoms with Gasteiger partial charge in [-0.2, -0.15) is 0 Å². The average Bonchev–Trinajstić information content (AvgIpc) is 2.39. The molecule has 0 amide bonds. The second kappa shape index (κ2) is 4.49. The van der Waals surface area contributed by atoms with E-state index in [2.05, 4.69) is 4.98 Å². The van der Waals surface area contributed by atoms with Crippen molar-refractivity contribution < 1.29 is 9.59 Å². The summed E-state index contributed by atoms with van der Waals surface area (Å²) in [7, 11) is 0. The highest BCUT2D eigenvalue weighted by Crippen LogP contribution is 2.18. The number of rotatable bonds is 3. The van der Waals surface area contributed by atoms with Crippen LogP contribution in [0.1, 0.15) is 20.8 Å². The van der Waals surface area contributed by atoms with Crippen molar-refractivity contribution in [2.75, 3.05) is 0 Å². The van der Waals surface area contributed by atoms with Crippen LogP contribution in [-0.4, -0.2) is 17.6 Å². The molecular weight excluding hydrogens is 202 g/mol. The summed E-state index contributed by atoms with van der Waals surface area (Å²) >= 11 is 0. The van der Waals surface area contributed by atoms with Crippen LogP contribution >= 0.6 is 0 Å². The Hall–Kier alpha value is -2.29. The Labute approximate surface area is 92.8 Å². The minimum Gasteiger partial charge on any atom is -0.298 e. The summed E-state index contributed by atoms with van der Waals surface area (Å²) in [6.45, 7) is 0. The molecule has 0 radical (unpaired) electrons. The highest BCUT2D eigenvalue weighted by molar-refractivity contribution is 5.79. The van der Waals surface area contributed by atoms with Gasteiger partial charge in [-0.15, -0.1) is 0 Å². The average molecular weight is 211 g/mol. The van der Waals surface area contributed by atoms with Gasteiger partial charge in [0.05, 0.1) is 0 Å². The third kappa shape index (κ3) is 2.03. The molecule has 1 aromatic heterocycles. The van der Waals surface area contributed by atoms with E-state index in [-0.39, 0.29) is 0 Å². The van der Waals surface area contributed by atoms with Gasteiger partial charge in [-0.1, -0.05) is 24.3 Å². The van der Waals surface area contributed by atoms with Crippen molar-refractivity contribution in [3.63, 3.8) is 0 Å². The van der Waals surface area contributed by atoms with Gasteiger partial charge >= 0.3 is 0 Å². The van der Waals surface area contributed by atoms with E-state index in [1.807, 2.05) is 12.1 Å². The van der Waals surface area contributed by atoms with Crippen molar-refractivity contribution in [1.29, 1.82) is 0 Å². The largest absolute Gasteiger partial charge is 0.298 e. The van der Waals surface area contributed by atoms with Crippen LogP contribution < -0.4 is 0 Å². The number of hydrogen-bond acceptors (Lipinski definition) is 3. The maximum Gasteiger partial charge on any atom is 0.168 e. The summed E-state index contributed by atoms with van der Waals surface area (Å²) in [5.41, 5.74) is 2.82. The van der Waals surface area contributed by atoms with Crippen molar-refractivity contribution in [3.8, 4) is 11.1 Å². The van der Waals surface area contributed by atoms with Gasteiger partial charge in [-0.3, -0.25) is 14.6 Å². The van der Waals surface area contributed by atoms with Gasteiger partial charge in [0.1, 0.15) is 12.0 Å². The Balaban J connectivity index is 2.41. The summed E-state index contributed by atoms with van der Waals surface area (Å²) in [5, 5.41) is 0. The molecule has 0 unspecified atom stereocenters. The van der Waals surface area contributed by atoms with Crippen LogP contribution in [0.3, 0.4) is 0 Å². The second-order valence-corrected chi connectivity index (χ2v) is 3.33. The van der Waals surface area contributed by atoms with Gasteiger partial charge < -0.3 is 0 Å². The van der Waals surface area contributed by atoms with Crippen LogP contribution in [0.4, 0.5) is 0 Å². The zero-order valence-electron chi connectivity index (χ0n) is 8.46. The molecule has 3 heteroatoms. The van der Waals surface area contributed by atoms with Crippen LogP contribution in [0.15, 0.2) is 42.6 Å². The summed E-state index contributed by atoms with van der Waals surface area (Å²) in [6.07, 6.45) is 3.12. The van der Waals surface area contributed by atoms with Crippen LogP contribution in [0.5, 0.6) is 0 Å². The maximum atomic E-state index is 10.6. The molecule has 0 aliphatic carbocycles. The molecule has 0 saturated carbocycles. The number of carbonyl (C=O) groups is 2. The minimum absolute atomic E-state index is 0.398. The topological polar surface area (TPSA) is 47.0 Å². The molecule has 78 valence electrons. The Bertz CT molecular complexity index is 518. The van der Waals surface area contributed by atoms with Crippen molar-refractivity contribution in [2.24, 2.45) is 0 Å². The van der Waals surface area contributed by atoms with Crippen molar-refractivity contribution in [1.82, 2.24) is 4.98 Å². The lowest BCUT2D eigenvalue weighted by molar-refractivity contribution is 0.111. The molecule has 16 heavy (non-hydrogen) atoms. The van der Waals surface area contributed by atoms with Crippen LogP contribution in [0.2, 0.25) is 0 Å². The van der Waals surface area contributed by atoms with Gasteiger partial charge in [0.2, 0.25) is 0 Å². The number of hydrogen-bond donors (Lipinski definition) is 0. The smallest absolute Gasteiger partial charge is 0.168 e. The number of pyridine rings is 1. The van der Waals surface area contributed by atoms with Crippen LogP contribution in [0.25, 0.3) is 11.1 Å². The molecule has 0 aliphatic rings. The zero-order valence-corrected chi connectivity index (χ0v) is 8.46. The normalized spacial score (nSPS) is 9.75. The van der Waals surface area contributed by atoms with Gasteiger partial charge in [0.25, 0.3) is 0 Å². The fourth-order valence-electron chi connectivity index (χ4n) is 1.44. The van der Waals surface area contributed by atoms with E-state index in [4.69, 9.17) is 0 Å². The Morgan fingerprint density at radius 2 is 1.81 bits per heavy atom. The number of aldehydes is 2. The highest BCUT2D eigenvalue weighted by atomic mass is 16.1. The van der Waals surface area contributed by atoms with Crippen molar-refractivity contribution in [2.45, 2.75) is 0 Å². The van der Waals surface area contributed by atoms with Crippen molar-refractivity contribution >= 4 is 12.6 Å². The third-order valence-electron chi connectivity index (χ3n) is 2.26. The molecule has 0 spiro atoms. The monoisotopic (exact) mass is 211 g/mol. The Morgan fingerprint density at radius 3 is 2.44 bits per heavy atom. The molecule has 0 fully saturated rings. The van der Waals surface area contributed by atoms with E-state index in [0.29, 0.717) is 17.5 Å². The predicted octanol–water partition coefficient (Wildman–Crippen LogP) is 2.37. The molecule has 0 saturated heterocycles. The molecule has 0 atom stereocenters. The molecule has 0 bridgehead atoms. The number of carbonyl (C=O) groups excluding carboxylic acids is 2. The molecule has 0 N–H and O–H groups in total. The quantitative estimate of drug-likeness (QED) is 0.732. The lowest BCUT2D eigenvalue weighted by Crippen LogP contribution is -1.87. The maximum absolute atomic E-state index is 10.6. The first-order valence-corrected chi connectivity index (χ1v) is 4.80. The van der Waals surface area contributed by atoms with Crippen LogP contribution in [0, 0.1) is 0 Å². The van der Waals surface area contributed by atoms with E-state index in [1.54, 1.807) is 30.5 Å². The highest BCUT2D eigenvalue weighted by Gasteiger charge is 1.99. The number of aromatic nitrogens is 1. The summed E-state index contributed by atoms with van der Waals surface area (Å²) in [6, 6.07) is 10.7. The summed E-state index contributed by atoms with van der Waals surface area (Å²) in [5.74, 6) is 0. The van der Waals surface area contributed by atoms with Gasteiger partial charge in [0.15, 0.2) is 6.29 Å². The molecular formula is C13H9NO2. The molecule has 2 aromatic rings. The van der Waals surface area contributed by atoms with E-state index >= 15 is 0 Å². The van der Waals surface area contributed by atoms with Crippen LogP contribution in [-0.2, 0) is 0 Å². The zero-order chi connectivity index (χ0) is 11.4. The van der Waals surface area contributed by atoms with E-state index in [0.717, 1.165) is 17.4 Å². The first-order valence-electron chi connectivity index (χ1n) is 4.80. The van der Waals surface area contributed by atoms with Crippen molar-refractivity contribution in [3.05, 3.63) is 53.9 Å². The first-order chi connectivity index (χ1) is 7.83. The van der Waals surface area contributed by atoms with Gasteiger partial charge in [0, 0.05) is 17.3 Å². The fourth-order valence-corrected chi connectivity index (χ4v) is 1.44. The fraction of sp³-hybridized carbons (Fsp3) is 0.